The van der Waals surface area contributed by atoms with Crippen molar-refractivity contribution in [2.24, 2.45) is 17.8 Å². The molecular weight excluding hydrogens is 642 g/mol. The average Bonchev–Trinajstić information content (AvgIpc) is 3.75. The van der Waals surface area contributed by atoms with Crippen LogP contribution in [0.3, 0.4) is 0 Å². The van der Waals surface area contributed by atoms with Crippen molar-refractivity contribution in [1.29, 1.82) is 0 Å². The number of anilines is 2. The Morgan fingerprint density at radius 1 is 0.961 bits per heavy atom. The van der Waals surface area contributed by atoms with Gasteiger partial charge in [-0.05, 0) is 85.7 Å². The Morgan fingerprint density at radius 3 is 2.22 bits per heavy atom. The van der Waals surface area contributed by atoms with Crippen LogP contribution in [0.4, 0.5) is 11.4 Å². The summed E-state index contributed by atoms with van der Waals surface area (Å²) in [5.41, 5.74) is -0.869. The number of carbonyl (C=O) groups is 3. The first-order valence-corrected chi connectivity index (χ1v) is 18.3. The molecule has 2 unspecified atom stereocenters. The van der Waals surface area contributed by atoms with Crippen molar-refractivity contribution >= 4 is 39.9 Å². The number of likely N-dealkylation sites (tertiary alicyclic amines) is 1. The predicted octanol–water partition coefficient (Wildman–Crippen LogP) is 6.54. The van der Waals surface area contributed by atoms with Gasteiger partial charge in [-0.25, -0.2) is 0 Å². The monoisotopic (exact) mass is 693 g/mol. The fourth-order valence-corrected chi connectivity index (χ4v) is 8.98. The third-order valence-electron chi connectivity index (χ3n) is 11.1. The van der Waals surface area contributed by atoms with Crippen LogP contribution >= 0.6 is 0 Å². The molecule has 0 saturated carbocycles. The van der Waals surface area contributed by atoms with Crippen molar-refractivity contribution in [3.05, 3.63) is 92.0 Å². The van der Waals surface area contributed by atoms with Gasteiger partial charge in [0, 0.05) is 24.5 Å². The maximum Gasteiger partial charge on any atom is 0.253 e. The number of hydrogen-bond acceptors (Lipinski definition) is 6. The highest BCUT2D eigenvalue weighted by molar-refractivity contribution is 6.07. The second-order valence-electron chi connectivity index (χ2n) is 14.5. The second-order valence-corrected chi connectivity index (χ2v) is 14.5. The number of carbonyl (C=O) groups excluding carboxylic acids is 3. The third kappa shape index (κ3) is 6.14. The van der Waals surface area contributed by atoms with Crippen LogP contribution in [0.2, 0.25) is 0 Å². The molecule has 6 atom stereocenters. The van der Waals surface area contributed by atoms with Crippen LogP contribution in [0.5, 0.6) is 5.75 Å². The minimum atomic E-state index is -1.26. The molecule has 3 aromatic rings. The highest BCUT2D eigenvalue weighted by Crippen LogP contribution is 2.65. The summed E-state index contributed by atoms with van der Waals surface area (Å²) in [5.74, 6) is -1.79. The van der Waals surface area contributed by atoms with Crippen molar-refractivity contribution in [2.75, 3.05) is 36.1 Å². The maximum absolute atomic E-state index is 15.3. The molecule has 3 amide bonds. The number of aliphatic hydroxyl groups is 1. The first-order chi connectivity index (χ1) is 24.6. The molecule has 6 rings (SSSR count). The maximum atomic E-state index is 15.3. The van der Waals surface area contributed by atoms with Crippen molar-refractivity contribution in [3.63, 3.8) is 0 Å². The Balaban J connectivity index is 1.47. The number of fused-ring (bicyclic) bond motifs is 2. The van der Waals surface area contributed by atoms with Crippen LogP contribution in [-0.2, 0) is 19.1 Å². The van der Waals surface area contributed by atoms with Gasteiger partial charge in [0.25, 0.3) is 5.91 Å². The molecule has 3 aliphatic rings. The van der Waals surface area contributed by atoms with E-state index in [1.165, 1.54) is 0 Å². The van der Waals surface area contributed by atoms with Gasteiger partial charge in [-0.2, -0.15) is 0 Å². The van der Waals surface area contributed by atoms with Crippen molar-refractivity contribution in [2.45, 2.75) is 76.7 Å². The lowest BCUT2D eigenvalue weighted by molar-refractivity contribution is -0.149. The molecule has 3 heterocycles. The molecule has 0 aliphatic carbocycles. The van der Waals surface area contributed by atoms with Gasteiger partial charge in [-0.1, -0.05) is 63.3 Å². The molecule has 0 aromatic heterocycles. The minimum Gasteiger partial charge on any atom is -0.494 e. The zero-order valence-corrected chi connectivity index (χ0v) is 30.3. The molecule has 270 valence electrons. The summed E-state index contributed by atoms with van der Waals surface area (Å²) in [7, 11) is 0. The number of rotatable bonds is 15. The van der Waals surface area contributed by atoms with E-state index < -0.39 is 35.1 Å². The summed E-state index contributed by atoms with van der Waals surface area (Å²) >= 11 is 0. The number of amides is 3. The molecule has 9 nitrogen and oxygen atoms in total. The summed E-state index contributed by atoms with van der Waals surface area (Å²) in [6.45, 7) is 16.5. The van der Waals surface area contributed by atoms with Gasteiger partial charge in [-0.15, -0.1) is 13.2 Å². The number of nitrogens with zero attached hydrogens (tertiary/aromatic N) is 3. The van der Waals surface area contributed by atoms with Crippen LogP contribution in [0, 0.1) is 17.8 Å². The van der Waals surface area contributed by atoms with E-state index in [4.69, 9.17) is 9.47 Å². The van der Waals surface area contributed by atoms with Gasteiger partial charge < -0.3 is 29.3 Å². The van der Waals surface area contributed by atoms with Crippen LogP contribution in [-0.4, -0.2) is 77.3 Å². The molecule has 3 aliphatic heterocycles. The smallest absolute Gasteiger partial charge is 0.253 e. The van der Waals surface area contributed by atoms with Crippen LogP contribution < -0.4 is 14.5 Å². The molecule has 3 fully saturated rings. The fourth-order valence-electron chi connectivity index (χ4n) is 8.98. The highest BCUT2D eigenvalue weighted by atomic mass is 16.5. The van der Waals surface area contributed by atoms with E-state index in [0.717, 1.165) is 10.8 Å². The summed E-state index contributed by atoms with van der Waals surface area (Å²) in [6.07, 6.45) is 5.30. The summed E-state index contributed by atoms with van der Waals surface area (Å²) in [5, 5.41) is 12.8. The molecule has 2 bridgehead atoms. The molecule has 3 aromatic carbocycles. The number of ether oxygens (including phenoxy) is 2. The number of benzene rings is 3. The van der Waals surface area contributed by atoms with E-state index in [0.29, 0.717) is 49.4 Å². The Morgan fingerprint density at radius 2 is 1.61 bits per heavy atom. The standard InChI is InChI=1S/C42H51N3O6/c1-7-23-43(31-17-19-34(20-18-31)50-10-4)38(47)35-36-39(48)45(33(27-46)25-28(5)6)37(42(36)22-21-41(35,9-3)51-42)40(49)44(24-8-2)32-16-15-29-13-11-12-14-30(29)26-32/h7-8,11-20,26,28,33,35-37,46H,1-2,9-10,21-25,27H2,3-6H3/t33-,35-,36+,37?,41+,42?/m1/s1. The van der Waals surface area contributed by atoms with E-state index in [2.05, 4.69) is 13.2 Å². The van der Waals surface area contributed by atoms with E-state index >= 15 is 14.4 Å². The summed E-state index contributed by atoms with van der Waals surface area (Å²) in [4.78, 5) is 50.3. The van der Waals surface area contributed by atoms with Gasteiger partial charge in [-0.3, -0.25) is 14.4 Å². The van der Waals surface area contributed by atoms with Crippen LogP contribution in [0.15, 0.2) is 92.0 Å². The van der Waals surface area contributed by atoms with Gasteiger partial charge in [0.1, 0.15) is 17.4 Å². The topological polar surface area (TPSA) is 99.6 Å². The van der Waals surface area contributed by atoms with Crippen LogP contribution in [0.25, 0.3) is 10.8 Å². The molecule has 0 radical (unpaired) electrons. The quantitative estimate of drug-likeness (QED) is 0.182. The van der Waals surface area contributed by atoms with Gasteiger partial charge >= 0.3 is 0 Å². The minimum absolute atomic E-state index is 0.132. The molecule has 3 saturated heterocycles. The van der Waals surface area contributed by atoms with Crippen molar-refractivity contribution < 1.29 is 29.0 Å². The van der Waals surface area contributed by atoms with Crippen LogP contribution in [0.1, 0.15) is 53.4 Å². The fraction of sp³-hybridized carbons (Fsp3) is 0.452. The summed E-state index contributed by atoms with van der Waals surface area (Å²) in [6, 6.07) is 19.5. The lowest BCUT2D eigenvalue weighted by atomic mass is 9.64. The first-order valence-electron chi connectivity index (χ1n) is 18.3. The predicted molar refractivity (Wildman–Crippen MR) is 201 cm³/mol. The summed E-state index contributed by atoms with van der Waals surface area (Å²) < 4.78 is 12.8. The molecule has 51 heavy (non-hydrogen) atoms. The number of aliphatic hydroxyl groups excluding tert-OH is 1. The Labute approximate surface area is 301 Å². The first kappa shape index (κ1) is 36.3. The zero-order valence-electron chi connectivity index (χ0n) is 30.3. The van der Waals surface area contributed by atoms with E-state index in [1.807, 2.05) is 94.4 Å². The van der Waals surface area contributed by atoms with Gasteiger partial charge in [0.2, 0.25) is 11.8 Å². The van der Waals surface area contributed by atoms with Gasteiger partial charge in [0.15, 0.2) is 0 Å². The highest BCUT2D eigenvalue weighted by Gasteiger charge is 2.79. The van der Waals surface area contributed by atoms with E-state index in [9.17, 15) is 5.11 Å². The number of hydrogen-bond donors (Lipinski definition) is 1. The Kier molecular flexibility index (Phi) is 10.4. The molecule has 9 heteroatoms. The van der Waals surface area contributed by atoms with Gasteiger partial charge in [0.05, 0.1) is 36.7 Å². The van der Waals surface area contributed by atoms with Crippen molar-refractivity contribution in [1.82, 2.24) is 4.90 Å². The molecular formula is C42H51N3O6. The molecule has 1 N–H and O–H groups in total. The van der Waals surface area contributed by atoms with E-state index in [-0.39, 0.29) is 43.3 Å². The van der Waals surface area contributed by atoms with E-state index in [1.54, 1.807) is 26.9 Å². The normalized spacial score (nSPS) is 25.6. The van der Waals surface area contributed by atoms with Crippen molar-refractivity contribution in [3.8, 4) is 5.75 Å². The average molecular weight is 694 g/mol. The Hall–Kier alpha value is -4.47. The lowest BCUT2D eigenvalue weighted by Crippen LogP contribution is -2.59. The lowest BCUT2D eigenvalue weighted by Gasteiger charge is -2.40. The largest absolute Gasteiger partial charge is 0.494 e. The molecule has 1 spiro atoms. The Bertz CT molecular complexity index is 1790. The third-order valence-corrected chi connectivity index (χ3v) is 11.1. The SMILES string of the molecule is C=CCN(C(=O)C1N([C@@H](CO)CC(C)C)C(=O)[C@@H]2[C@H](C(=O)N(CC=C)c3ccc(OCC)cc3)[C@]3(CC)CCC12O3)c1ccc2ccccc2c1. The zero-order chi connectivity index (χ0) is 36.5. The second kappa shape index (κ2) is 14.6.